The van der Waals surface area contributed by atoms with Gasteiger partial charge in [-0.3, -0.25) is 4.79 Å². The maximum atomic E-state index is 12.5. The van der Waals surface area contributed by atoms with Crippen molar-refractivity contribution in [1.82, 2.24) is 9.29 Å². The van der Waals surface area contributed by atoms with E-state index in [0.717, 1.165) is 0 Å². The Balaban J connectivity index is 1.68. The predicted molar refractivity (Wildman–Crippen MR) is 91.0 cm³/mol. The minimum atomic E-state index is -4.01. The number of halogens is 2. The van der Waals surface area contributed by atoms with Crippen LogP contribution in [-0.4, -0.2) is 48.5 Å². The number of benzene rings is 1. The van der Waals surface area contributed by atoms with Gasteiger partial charge in [-0.25, -0.2) is 22.5 Å². The number of hydrogen-bond donors (Lipinski definition) is 0. The van der Waals surface area contributed by atoms with Gasteiger partial charge in [0, 0.05) is 6.20 Å². The molecule has 27 heavy (non-hydrogen) atoms. The lowest BCUT2D eigenvalue weighted by Gasteiger charge is -2.15. The Bertz CT molecular complexity index is 998. The summed E-state index contributed by atoms with van der Waals surface area (Å²) in [5.41, 5.74) is -0.117. The Hall–Kier alpha value is -2.53. The number of carbonyl (C=O) groups excluding carboxylic acids is 2. The molecule has 0 aliphatic carbocycles. The van der Waals surface area contributed by atoms with Crippen LogP contribution in [0.25, 0.3) is 0 Å². The van der Waals surface area contributed by atoms with Crippen LogP contribution < -0.4 is 0 Å². The van der Waals surface area contributed by atoms with Crippen molar-refractivity contribution in [2.45, 2.75) is 15.7 Å². The molecule has 1 amide bonds. The molecule has 11 heteroatoms. The molecule has 2 aromatic rings. The Labute approximate surface area is 157 Å². The minimum Gasteiger partial charge on any atom is -0.460 e. The maximum Gasteiger partial charge on any atom is 0.340 e. The molecule has 142 valence electrons. The van der Waals surface area contributed by atoms with Crippen LogP contribution in [0.3, 0.4) is 0 Å². The molecular weight excluding hydrogens is 402 g/mol. The summed E-state index contributed by atoms with van der Waals surface area (Å²) in [5, 5.41) is -0.199. The lowest BCUT2D eigenvalue weighted by molar-refractivity contribution is 0.0473. The average molecular weight is 414 g/mol. The van der Waals surface area contributed by atoms with Crippen molar-refractivity contribution in [2.24, 2.45) is 0 Å². The molecule has 1 aliphatic rings. The second kappa shape index (κ2) is 7.61. The van der Waals surface area contributed by atoms with E-state index >= 15 is 0 Å². The lowest BCUT2D eigenvalue weighted by atomic mass is 10.2. The Morgan fingerprint density at radius 2 is 1.96 bits per heavy atom. The second-order valence-corrected chi connectivity index (χ2v) is 8.06. The van der Waals surface area contributed by atoms with Crippen LogP contribution in [0.1, 0.15) is 20.7 Å². The number of ether oxygens (including phenoxy) is 1. The normalized spacial score (nSPS) is 15.1. The zero-order chi connectivity index (χ0) is 19.6. The molecular formula is C16H12F2N2O5S2. The van der Waals surface area contributed by atoms with Crippen molar-refractivity contribution in [2.75, 3.05) is 13.2 Å². The van der Waals surface area contributed by atoms with Crippen LogP contribution in [0.15, 0.2) is 52.5 Å². The Morgan fingerprint density at radius 1 is 1.22 bits per heavy atom. The number of esters is 1. The second-order valence-electron chi connectivity index (χ2n) is 5.25. The topological polar surface area (TPSA) is 93.6 Å². The lowest BCUT2D eigenvalue weighted by Crippen LogP contribution is -2.33. The van der Waals surface area contributed by atoms with Crippen molar-refractivity contribution in [3.63, 3.8) is 0 Å². The van der Waals surface area contributed by atoms with Crippen molar-refractivity contribution < 1.29 is 31.5 Å². The van der Waals surface area contributed by atoms with Gasteiger partial charge >= 0.3 is 5.97 Å². The van der Waals surface area contributed by atoms with Crippen LogP contribution >= 0.6 is 11.8 Å². The molecule has 0 radical (unpaired) electrons. The van der Waals surface area contributed by atoms with Gasteiger partial charge in [-0.2, -0.15) is 8.78 Å². The van der Waals surface area contributed by atoms with E-state index in [9.17, 15) is 26.8 Å². The Morgan fingerprint density at radius 3 is 2.67 bits per heavy atom. The summed E-state index contributed by atoms with van der Waals surface area (Å²) in [5.74, 6) is -4.41. The molecule has 0 saturated heterocycles. The smallest absolute Gasteiger partial charge is 0.340 e. The number of fused-ring (bicyclic) bond motifs is 1. The predicted octanol–water partition coefficient (Wildman–Crippen LogP) is 2.40. The number of thioether (sulfide) groups is 1. The van der Waals surface area contributed by atoms with E-state index in [0.29, 0.717) is 4.31 Å². The van der Waals surface area contributed by atoms with E-state index < -0.39 is 34.3 Å². The number of carbonyl (C=O) groups is 2. The number of aromatic nitrogens is 1. The molecule has 1 aromatic heterocycles. The van der Waals surface area contributed by atoms with E-state index in [-0.39, 0.29) is 39.4 Å². The standard InChI is InChI=1S/C16H12F2N2O5S2/c17-16(18)26-13-11(5-3-7-19-13)15(22)25-9-8-20-14(21)10-4-1-2-6-12(10)27(20,23)24/h1-7,16H,8-9H2. The first-order valence-corrected chi connectivity index (χ1v) is 9.87. The summed E-state index contributed by atoms with van der Waals surface area (Å²) in [4.78, 5) is 28.0. The fraction of sp³-hybridized carbons (Fsp3) is 0.188. The first-order valence-electron chi connectivity index (χ1n) is 7.55. The summed E-state index contributed by atoms with van der Waals surface area (Å²) in [6.45, 7) is -0.815. The molecule has 0 N–H and O–H groups in total. The molecule has 2 heterocycles. The van der Waals surface area contributed by atoms with Gasteiger partial charge in [-0.05, 0) is 36.0 Å². The summed E-state index contributed by atoms with van der Waals surface area (Å²) in [7, 11) is -4.01. The number of alkyl halides is 2. The molecule has 0 atom stereocenters. The van der Waals surface area contributed by atoms with Crippen molar-refractivity contribution in [1.29, 1.82) is 0 Å². The zero-order valence-corrected chi connectivity index (χ0v) is 15.2. The highest BCUT2D eigenvalue weighted by Gasteiger charge is 2.40. The van der Waals surface area contributed by atoms with Gasteiger partial charge in [0.1, 0.15) is 16.5 Å². The molecule has 7 nitrogen and oxygen atoms in total. The molecule has 0 saturated carbocycles. The summed E-state index contributed by atoms with van der Waals surface area (Å²) in [6, 6.07) is 8.41. The number of hydrogen-bond acceptors (Lipinski definition) is 7. The van der Waals surface area contributed by atoms with E-state index in [4.69, 9.17) is 4.74 Å². The third-order valence-corrected chi connectivity index (χ3v) is 6.20. The molecule has 3 rings (SSSR count). The highest BCUT2D eigenvalue weighted by Crippen LogP contribution is 2.30. The third-order valence-electron chi connectivity index (χ3n) is 3.63. The molecule has 0 fully saturated rings. The molecule has 1 aromatic carbocycles. The quantitative estimate of drug-likeness (QED) is 0.529. The summed E-state index contributed by atoms with van der Waals surface area (Å²) < 4.78 is 55.4. The van der Waals surface area contributed by atoms with Gasteiger partial charge in [-0.1, -0.05) is 12.1 Å². The van der Waals surface area contributed by atoms with Gasteiger partial charge in [0.15, 0.2) is 0 Å². The Kier molecular flexibility index (Phi) is 5.42. The fourth-order valence-corrected chi connectivity index (χ4v) is 4.60. The van der Waals surface area contributed by atoms with Crippen molar-refractivity contribution in [3.8, 4) is 0 Å². The molecule has 0 spiro atoms. The molecule has 0 unspecified atom stereocenters. The van der Waals surface area contributed by atoms with Gasteiger partial charge in [-0.15, -0.1) is 0 Å². The van der Waals surface area contributed by atoms with E-state index in [2.05, 4.69) is 4.98 Å². The van der Waals surface area contributed by atoms with Gasteiger partial charge < -0.3 is 4.74 Å². The van der Waals surface area contributed by atoms with E-state index in [1.165, 1.54) is 36.5 Å². The minimum absolute atomic E-state index is 0.0479. The summed E-state index contributed by atoms with van der Waals surface area (Å²) >= 11 is 0.0982. The number of pyridine rings is 1. The number of sulfonamides is 1. The van der Waals surface area contributed by atoms with Crippen molar-refractivity contribution in [3.05, 3.63) is 53.7 Å². The van der Waals surface area contributed by atoms with Crippen LogP contribution in [0.5, 0.6) is 0 Å². The highest BCUT2D eigenvalue weighted by atomic mass is 32.2. The molecule has 0 bridgehead atoms. The van der Waals surface area contributed by atoms with Crippen LogP contribution in [0, 0.1) is 0 Å². The fourth-order valence-electron chi connectivity index (χ4n) is 2.48. The average Bonchev–Trinajstić information content (AvgIpc) is 2.82. The monoisotopic (exact) mass is 414 g/mol. The van der Waals surface area contributed by atoms with Gasteiger partial charge in [0.2, 0.25) is 0 Å². The number of amides is 1. The van der Waals surface area contributed by atoms with Crippen LogP contribution in [0.4, 0.5) is 8.78 Å². The molecule has 1 aliphatic heterocycles. The number of nitrogens with zero attached hydrogens (tertiary/aromatic N) is 2. The first-order chi connectivity index (χ1) is 12.8. The van der Waals surface area contributed by atoms with Crippen LogP contribution in [0.2, 0.25) is 0 Å². The highest BCUT2D eigenvalue weighted by molar-refractivity contribution is 7.99. The summed E-state index contributed by atoms with van der Waals surface area (Å²) in [6.07, 6.45) is 1.26. The van der Waals surface area contributed by atoms with Crippen molar-refractivity contribution >= 4 is 33.7 Å². The van der Waals surface area contributed by atoms with Gasteiger partial charge in [0.25, 0.3) is 21.7 Å². The maximum absolute atomic E-state index is 12.5. The van der Waals surface area contributed by atoms with Gasteiger partial charge in [0.05, 0.1) is 17.7 Å². The largest absolute Gasteiger partial charge is 0.460 e. The first kappa shape index (κ1) is 19.2. The van der Waals surface area contributed by atoms with E-state index in [1.807, 2.05) is 0 Å². The number of rotatable bonds is 6. The third kappa shape index (κ3) is 3.78. The SMILES string of the molecule is O=C(OCCN1C(=O)c2ccccc2S1(=O)=O)c1cccnc1SC(F)F. The zero-order valence-electron chi connectivity index (χ0n) is 13.5. The van der Waals surface area contributed by atoms with Crippen LogP contribution in [-0.2, 0) is 14.8 Å². The van der Waals surface area contributed by atoms with E-state index in [1.54, 1.807) is 6.07 Å².